The molecule has 0 bridgehead atoms. The summed E-state index contributed by atoms with van der Waals surface area (Å²) in [5.74, 6) is -7.59. The monoisotopic (exact) mass is 446 g/mol. The fraction of sp³-hybridized carbons (Fsp3) is 0.409. The van der Waals surface area contributed by atoms with E-state index >= 15 is 0 Å². The van der Waals surface area contributed by atoms with E-state index in [-0.39, 0.29) is 35.2 Å². The number of Topliss-reactive ketones (excluding diaryl/α,β-unsaturated/α-hetero) is 2. The van der Waals surface area contributed by atoms with E-state index in [2.05, 4.69) is 5.32 Å². The van der Waals surface area contributed by atoms with Crippen LogP contribution in [0.25, 0.3) is 5.76 Å². The number of nitrogens with one attached hydrogen (secondary N) is 1. The molecule has 1 fully saturated rings. The largest absolute Gasteiger partial charge is 0.508 e. The van der Waals surface area contributed by atoms with Gasteiger partial charge in [0.1, 0.15) is 22.8 Å². The second-order valence-electron chi connectivity index (χ2n) is 8.57. The highest BCUT2D eigenvalue weighted by molar-refractivity contribution is 6.24. The molecule has 3 aliphatic rings. The second kappa shape index (κ2) is 7.07. The minimum atomic E-state index is -2.73. The zero-order chi connectivity index (χ0) is 26.2. The first-order chi connectivity index (χ1) is 16.1. The minimum absolute atomic E-state index is 0.0125. The Morgan fingerprint density at radius 3 is 2.56 bits per heavy atom. The number of carbonyl (C=O) groups excluding carboxylic acids is 3. The minimum Gasteiger partial charge on any atom is -0.508 e. The lowest BCUT2D eigenvalue weighted by atomic mass is 9.57. The van der Waals surface area contributed by atoms with Crippen molar-refractivity contribution in [2.24, 2.45) is 17.6 Å². The smallest absolute Gasteiger partial charge is 0.255 e. The molecule has 32 heavy (non-hydrogen) atoms. The maximum atomic E-state index is 13.7. The van der Waals surface area contributed by atoms with Crippen molar-refractivity contribution < 1.29 is 38.9 Å². The van der Waals surface area contributed by atoms with Crippen LogP contribution in [0.15, 0.2) is 29.0 Å². The predicted octanol–water partition coefficient (Wildman–Crippen LogP) is 0.00570. The quantitative estimate of drug-likeness (QED) is 0.276. The first-order valence-corrected chi connectivity index (χ1v) is 9.89. The number of carbonyl (C=O) groups is 3. The van der Waals surface area contributed by atoms with Crippen molar-refractivity contribution in [1.29, 1.82) is 0 Å². The summed E-state index contributed by atoms with van der Waals surface area (Å²) in [4.78, 5) is 40.1. The Kier molecular flexibility index (Phi) is 4.03. The lowest BCUT2D eigenvalue weighted by molar-refractivity contribution is -0.153. The molecule has 4 atom stereocenters. The second-order valence-corrected chi connectivity index (χ2v) is 8.57. The number of phenolic OH excluding ortho intramolecular Hbond substituents is 1. The van der Waals surface area contributed by atoms with Gasteiger partial charge in [0.2, 0.25) is 5.78 Å². The van der Waals surface area contributed by atoms with Gasteiger partial charge < -0.3 is 31.5 Å². The Hall–Kier alpha value is -3.37. The van der Waals surface area contributed by atoms with E-state index in [9.17, 15) is 34.8 Å². The lowest BCUT2D eigenvalue weighted by Gasteiger charge is -2.50. The number of aliphatic hydroxyl groups excluding tert-OH is 2. The number of likely N-dealkylation sites (N-methyl/N-ethyl adjacent to an activating group) is 1. The number of fused-ring (bicyclic) bond motifs is 3. The van der Waals surface area contributed by atoms with Crippen LogP contribution in [0.1, 0.15) is 21.7 Å². The van der Waals surface area contributed by atoms with Crippen LogP contribution in [-0.4, -0.2) is 75.5 Å². The van der Waals surface area contributed by atoms with Crippen LogP contribution >= 0.6 is 0 Å². The van der Waals surface area contributed by atoms with Gasteiger partial charge in [-0.1, -0.05) is 0 Å². The van der Waals surface area contributed by atoms with Gasteiger partial charge in [-0.05, 0) is 50.6 Å². The van der Waals surface area contributed by atoms with Gasteiger partial charge in [-0.15, -0.1) is 0 Å². The van der Waals surface area contributed by atoms with E-state index < -0.39 is 70.8 Å². The molecule has 10 heteroatoms. The van der Waals surface area contributed by atoms with Crippen molar-refractivity contribution in [1.82, 2.24) is 4.90 Å². The average Bonchev–Trinajstić information content (AvgIpc) is 2.71. The third kappa shape index (κ3) is 2.63. The summed E-state index contributed by atoms with van der Waals surface area (Å²) in [6.07, 6.45) is -0.101. The van der Waals surface area contributed by atoms with Crippen LogP contribution in [0.3, 0.4) is 0 Å². The number of primary amides is 1. The number of aromatic hydroxyl groups is 1. The first-order valence-electron chi connectivity index (χ1n) is 11.4. The van der Waals surface area contributed by atoms with Gasteiger partial charge in [0.25, 0.3) is 5.91 Å². The van der Waals surface area contributed by atoms with Gasteiger partial charge in [-0.2, -0.15) is 0 Å². The first kappa shape index (κ1) is 18.2. The molecule has 0 saturated heterocycles. The van der Waals surface area contributed by atoms with Crippen LogP contribution in [0, 0.1) is 11.8 Å². The van der Waals surface area contributed by atoms with E-state index in [1.165, 1.54) is 25.1 Å². The number of nitrogens with two attached hydrogens (primary N) is 1. The van der Waals surface area contributed by atoms with Gasteiger partial charge in [-0.3, -0.25) is 19.3 Å². The third-order valence-corrected chi connectivity index (χ3v) is 6.74. The number of benzene rings is 1. The summed E-state index contributed by atoms with van der Waals surface area (Å²) < 4.78 is 22.5. The van der Waals surface area contributed by atoms with Crippen molar-refractivity contribution >= 4 is 28.9 Å². The molecular formula is C22H25N3O7. The molecule has 7 N–H and O–H groups in total. The van der Waals surface area contributed by atoms with E-state index in [0.29, 0.717) is 0 Å². The molecule has 1 saturated carbocycles. The van der Waals surface area contributed by atoms with E-state index in [0.717, 1.165) is 6.07 Å². The van der Waals surface area contributed by atoms with Gasteiger partial charge in [0.05, 0.1) is 11.6 Å². The van der Waals surface area contributed by atoms with Crippen LogP contribution in [0.5, 0.6) is 5.75 Å². The molecule has 4 rings (SSSR count). The molecule has 0 aromatic heterocycles. The van der Waals surface area contributed by atoms with Crippen molar-refractivity contribution in [3.05, 3.63) is 40.2 Å². The number of phenols is 1. The van der Waals surface area contributed by atoms with Crippen molar-refractivity contribution in [2.75, 3.05) is 26.4 Å². The average molecular weight is 446 g/mol. The van der Waals surface area contributed by atoms with Gasteiger partial charge in [0, 0.05) is 28.3 Å². The molecule has 1 aromatic carbocycles. The molecule has 170 valence electrons. The van der Waals surface area contributed by atoms with E-state index in [1.54, 1.807) is 0 Å². The molecule has 3 aliphatic carbocycles. The third-order valence-electron chi connectivity index (χ3n) is 6.74. The topological polar surface area (TPSA) is 173 Å². The number of aliphatic hydroxyl groups is 3. The summed E-state index contributed by atoms with van der Waals surface area (Å²) in [7, 11) is 3.01. The van der Waals surface area contributed by atoms with Crippen molar-refractivity contribution in [3.8, 4) is 5.75 Å². The van der Waals surface area contributed by atoms with Gasteiger partial charge in [0.15, 0.2) is 11.4 Å². The van der Waals surface area contributed by atoms with E-state index in [1.807, 2.05) is 0 Å². The summed E-state index contributed by atoms with van der Waals surface area (Å²) in [6.45, 7) is -2.58. The molecule has 0 heterocycles. The number of hydrogen-bond acceptors (Lipinski definition) is 9. The summed E-state index contributed by atoms with van der Waals surface area (Å²) in [6, 6.07) is 1.29. The summed E-state index contributed by atoms with van der Waals surface area (Å²) in [5, 5.41) is 46.2. The van der Waals surface area contributed by atoms with Gasteiger partial charge >= 0.3 is 0 Å². The highest BCUT2D eigenvalue weighted by atomic mass is 16.3. The summed E-state index contributed by atoms with van der Waals surface area (Å²) in [5.41, 5.74) is 1.52. The Labute approximate surface area is 187 Å². The normalized spacial score (nSPS) is 31.4. The number of ketones is 2. The summed E-state index contributed by atoms with van der Waals surface area (Å²) >= 11 is 0. The number of amides is 1. The number of nitrogens with zero attached hydrogens (tertiary/aromatic N) is 1. The highest BCUT2D eigenvalue weighted by Crippen LogP contribution is 2.53. The standard InChI is InChI=1S/C22H25N3O7/c1-24-11-4-5-12(26)14-9(11)6-8-7-10-16(25(2)3)18(28)15(21(23)31)20(30)22(10,32)19(29)13(8)17(14)27/h4-5,8,10,16,24,26-27,30,32H,6-7H2,1-3H3,(H2,23,31)/t8-,10-,16-,22-/m0/s1/i1D3. The van der Waals surface area contributed by atoms with Crippen molar-refractivity contribution in [3.63, 3.8) is 0 Å². The molecule has 1 aromatic rings. The lowest BCUT2D eigenvalue weighted by Crippen LogP contribution is -2.65. The Bertz CT molecular complexity index is 1240. The number of anilines is 1. The SMILES string of the molecule is [2H]C([2H])([2H])Nc1ccc(O)c2c1C[C@H]1C[C@H]3[C@H](N(C)C)C(=O)C(C(N)=O)=C(O)[C@@]3(O)C(=O)C1=C2O. The fourth-order valence-electron chi connectivity index (χ4n) is 5.36. The maximum absolute atomic E-state index is 13.7. The molecule has 0 unspecified atom stereocenters. The molecule has 0 aliphatic heterocycles. The molecule has 0 radical (unpaired) electrons. The van der Waals surface area contributed by atoms with Crippen LogP contribution < -0.4 is 11.1 Å². The van der Waals surface area contributed by atoms with Crippen molar-refractivity contribution in [2.45, 2.75) is 24.5 Å². The van der Waals surface area contributed by atoms with Crippen LogP contribution in [-0.2, 0) is 20.8 Å². The predicted molar refractivity (Wildman–Crippen MR) is 114 cm³/mol. The van der Waals surface area contributed by atoms with Crippen LogP contribution in [0.4, 0.5) is 5.69 Å². The maximum Gasteiger partial charge on any atom is 0.255 e. The molecule has 10 nitrogen and oxygen atoms in total. The molecular weight excluding hydrogens is 418 g/mol. The zero-order valence-corrected chi connectivity index (χ0v) is 17.3. The Balaban J connectivity index is 1.96. The fourth-order valence-corrected chi connectivity index (χ4v) is 5.36. The molecule has 0 spiro atoms. The van der Waals surface area contributed by atoms with Crippen LogP contribution in [0.2, 0.25) is 0 Å². The number of rotatable bonds is 3. The zero-order valence-electron chi connectivity index (χ0n) is 20.3. The van der Waals surface area contributed by atoms with Gasteiger partial charge in [-0.25, -0.2) is 0 Å². The highest BCUT2D eigenvalue weighted by Gasteiger charge is 2.64. The Morgan fingerprint density at radius 2 is 1.97 bits per heavy atom. The molecule has 1 amide bonds. The Morgan fingerprint density at radius 1 is 1.28 bits per heavy atom. The number of hydrogen-bond donors (Lipinski definition) is 6. The van der Waals surface area contributed by atoms with E-state index in [4.69, 9.17) is 9.85 Å².